The van der Waals surface area contributed by atoms with E-state index in [0.717, 1.165) is 13.0 Å². The molecule has 0 atom stereocenters. The second-order valence-corrected chi connectivity index (χ2v) is 4.20. The molecule has 1 aromatic rings. The summed E-state index contributed by atoms with van der Waals surface area (Å²) in [6.45, 7) is 6.73. The van der Waals surface area contributed by atoms with E-state index in [2.05, 4.69) is 9.97 Å². The van der Waals surface area contributed by atoms with Gasteiger partial charge in [0.15, 0.2) is 0 Å². The van der Waals surface area contributed by atoms with Crippen molar-refractivity contribution in [3.63, 3.8) is 0 Å². The van der Waals surface area contributed by atoms with Gasteiger partial charge in [-0.1, -0.05) is 18.5 Å². The molecule has 0 aliphatic carbocycles. The lowest BCUT2D eigenvalue weighted by Crippen LogP contribution is -2.38. The number of carbonyl (C=O) groups is 1. The Labute approximate surface area is 101 Å². The number of halogens is 1. The predicted octanol–water partition coefficient (Wildman–Crippen LogP) is 2.39. The topological polar surface area (TPSA) is 46.1 Å². The van der Waals surface area contributed by atoms with Gasteiger partial charge in [0, 0.05) is 12.6 Å². The molecular formula is C11H16ClN3O. The third kappa shape index (κ3) is 3.17. The molecule has 0 aliphatic rings. The molecule has 1 amide bonds. The first-order valence-electron chi connectivity index (χ1n) is 5.34. The second kappa shape index (κ2) is 5.80. The van der Waals surface area contributed by atoms with Crippen molar-refractivity contribution in [1.29, 1.82) is 0 Å². The van der Waals surface area contributed by atoms with Crippen molar-refractivity contribution in [2.75, 3.05) is 6.54 Å². The highest BCUT2D eigenvalue weighted by atomic mass is 35.5. The highest BCUT2D eigenvalue weighted by Gasteiger charge is 2.19. The molecular weight excluding hydrogens is 226 g/mol. The van der Waals surface area contributed by atoms with Gasteiger partial charge in [-0.3, -0.25) is 4.79 Å². The highest BCUT2D eigenvalue weighted by Crippen LogP contribution is 2.08. The lowest BCUT2D eigenvalue weighted by molar-refractivity contribution is 0.0699. The number of rotatable bonds is 4. The molecule has 0 saturated heterocycles. The average Bonchev–Trinajstić information content (AvgIpc) is 2.25. The third-order valence-corrected chi connectivity index (χ3v) is 2.38. The van der Waals surface area contributed by atoms with Gasteiger partial charge in [0.2, 0.25) is 0 Å². The maximum atomic E-state index is 12.1. The number of carbonyl (C=O) groups excluding carboxylic acids is 1. The average molecular weight is 242 g/mol. The van der Waals surface area contributed by atoms with Gasteiger partial charge in [-0.15, -0.1) is 0 Å². The fourth-order valence-electron chi connectivity index (χ4n) is 1.41. The van der Waals surface area contributed by atoms with Gasteiger partial charge in [-0.2, -0.15) is 0 Å². The monoisotopic (exact) mass is 241 g/mol. The van der Waals surface area contributed by atoms with E-state index in [9.17, 15) is 4.79 Å². The normalized spacial score (nSPS) is 10.6. The van der Waals surface area contributed by atoms with Crippen LogP contribution < -0.4 is 0 Å². The van der Waals surface area contributed by atoms with Crippen LogP contribution in [0.3, 0.4) is 0 Å². The molecule has 0 unspecified atom stereocenters. The van der Waals surface area contributed by atoms with Crippen LogP contribution in [0.25, 0.3) is 0 Å². The summed E-state index contributed by atoms with van der Waals surface area (Å²) in [5.41, 5.74) is 0.339. The summed E-state index contributed by atoms with van der Waals surface area (Å²) >= 11 is 5.62. The third-order valence-electron chi connectivity index (χ3n) is 2.19. The second-order valence-electron chi connectivity index (χ2n) is 3.82. The largest absolute Gasteiger partial charge is 0.335 e. The van der Waals surface area contributed by atoms with E-state index in [-0.39, 0.29) is 11.9 Å². The van der Waals surface area contributed by atoms with E-state index in [4.69, 9.17) is 11.6 Å². The summed E-state index contributed by atoms with van der Waals surface area (Å²) in [4.78, 5) is 21.7. The molecule has 1 rings (SSSR count). The zero-order valence-electron chi connectivity index (χ0n) is 9.77. The van der Waals surface area contributed by atoms with Gasteiger partial charge in [-0.05, 0) is 20.3 Å². The number of hydrogen-bond acceptors (Lipinski definition) is 3. The molecule has 0 aliphatic heterocycles. The van der Waals surface area contributed by atoms with Crippen LogP contribution in [0.15, 0.2) is 12.4 Å². The van der Waals surface area contributed by atoms with Gasteiger partial charge in [0.05, 0.1) is 12.4 Å². The minimum Gasteiger partial charge on any atom is -0.335 e. The first kappa shape index (κ1) is 12.9. The van der Waals surface area contributed by atoms with Crippen LogP contribution in [0.4, 0.5) is 0 Å². The van der Waals surface area contributed by atoms with E-state index in [1.165, 1.54) is 12.4 Å². The Hall–Kier alpha value is -1.16. The van der Waals surface area contributed by atoms with Crippen molar-refractivity contribution < 1.29 is 4.79 Å². The fourth-order valence-corrected chi connectivity index (χ4v) is 1.50. The number of aromatic nitrogens is 2. The highest BCUT2D eigenvalue weighted by molar-refractivity contribution is 6.29. The van der Waals surface area contributed by atoms with Crippen molar-refractivity contribution in [3.8, 4) is 0 Å². The van der Waals surface area contributed by atoms with Crippen molar-refractivity contribution in [3.05, 3.63) is 23.2 Å². The van der Waals surface area contributed by atoms with Crippen molar-refractivity contribution in [2.24, 2.45) is 0 Å². The van der Waals surface area contributed by atoms with Crippen LogP contribution in [0, 0.1) is 0 Å². The zero-order chi connectivity index (χ0) is 12.1. The van der Waals surface area contributed by atoms with E-state index < -0.39 is 0 Å². The maximum absolute atomic E-state index is 12.1. The Morgan fingerprint density at radius 1 is 1.44 bits per heavy atom. The van der Waals surface area contributed by atoms with Gasteiger partial charge in [-0.25, -0.2) is 9.97 Å². The Bertz CT molecular complexity index is 351. The fraction of sp³-hybridized carbons (Fsp3) is 0.545. The summed E-state index contributed by atoms with van der Waals surface area (Å²) in [7, 11) is 0. The molecule has 0 saturated carbocycles. The lowest BCUT2D eigenvalue weighted by Gasteiger charge is -2.25. The SMILES string of the molecule is CCCN(C(=O)c1cnc(Cl)cn1)C(C)C. The molecule has 0 spiro atoms. The molecule has 0 aromatic carbocycles. The van der Waals surface area contributed by atoms with Crippen molar-refractivity contribution >= 4 is 17.5 Å². The summed E-state index contributed by atoms with van der Waals surface area (Å²) in [6, 6.07) is 0.157. The maximum Gasteiger partial charge on any atom is 0.274 e. The zero-order valence-corrected chi connectivity index (χ0v) is 10.5. The quantitative estimate of drug-likeness (QED) is 0.813. The molecule has 0 radical (unpaired) electrons. The molecule has 88 valence electrons. The molecule has 5 heteroatoms. The minimum atomic E-state index is -0.0963. The van der Waals surface area contributed by atoms with E-state index >= 15 is 0 Å². The molecule has 16 heavy (non-hydrogen) atoms. The summed E-state index contributed by atoms with van der Waals surface area (Å²) < 4.78 is 0. The number of nitrogens with zero attached hydrogens (tertiary/aromatic N) is 3. The smallest absolute Gasteiger partial charge is 0.274 e. The molecule has 4 nitrogen and oxygen atoms in total. The molecule has 0 fully saturated rings. The van der Waals surface area contributed by atoms with Crippen LogP contribution >= 0.6 is 11.6 Å². The molecule has 0 bridgehead atoms. The molecule has 0 N–H and O–H groups in total. The summed E-state index contributed by atoms with van der Waals surface area (Å²) in [6.07, 6.45) is 3.72. The number of hydrogen-bond donors (Lipinski definition) is 0. The Morgan fingerprint density at radius 2 is 2.12 bits per heavy atom. The van der Waals surface area contributed by atoms with Gasteiger partial charge >= 0.3 is 0 Å². The predicted molar refractivity (Wildman–Crippen MR) is 63.5 cm³/mol. The van der Waals surface area contributed by atoms with Crippen LogP contribution in [-0.4, -0.2) is 33.4 Å². The Kier molecular flexibility index (Phi) is 4.68. The van der Waals surface area contributed by atoms with Crippen LogP contribution in [0.2, 0.25) is 5.15 Å². The van der Waals surface area contributed by atoms with Crippen LogP contribution in [0.1, 0.15) is 37.7 Å². The minimum absolute atomic E-state index is 0.0963. The standard InChI is InChI=1S/C11H16ClN3O/c1-4-5-15(8(2)3)11(16)9-6-14-10(12)7-13-9/h6-8H,4-5H2,1-3H3. The molecule has 1 aromatic heterocycles. The van der Waals surface area contributed by atoms with Gasteiger partial charge in [0.1, 0.15) is 10.8 Å². The van der Waals surface area contributed by atoms with E-state index in [1.807, 2.05) is 20.8 Å². The van der Waals surface area contributed by atoms with E-state index in [0.29, 0.717) is 10.8 Å². The van der Waals surface area contributed by atoms with Gasteiger partial charge < -0.3 is 4.90 Å². The summed E-state index contributed by atoms with van der Waals surface area (Å²) in [5.74, 6) is -0.0963. The lowest BCUT2D eigenvalue weighted by atomic mass is 10.2. The van der Waals surface area contributed by atoms with Crippen molar-refractivity contribution in [1.82, 2.24) is 14.9 Å². The van der Waals surface area contributed by atoms with Gasteiger partial charge in [0.25, 0.3) is 5.91 Å². The van der Waals surface area contributed by atoms with Crippen molar-refractivity contribution in [2.45, 2.75) is 33.2 Å². The Morgan fingerprint density at radius 3 is 2.56 bits per heavy atom. The van der Waals surface area contributed by atoms with Crippen LogP contribution in [0.5, 0.6) is 0 Å². The first-order valence-corrected chi connectivity index (χ1v) is 5.72. The first-order chi connectivity index (χ1) is 7.56. The van der Waals surface area contributed by atoms with E-state index in [1.54, 1.807) is 4.90 Å². The number of amides is 1. The summed E-state index contributed by atoms with van der Waals surface area (Å²) in [5, 5.41) is 0.295. The molecule has 1 heterocycles. The Balaban J connectivity index is 2.86. The van der Waals surface area contributed by atoms with Crippen LogP contribution in [-0.2, 0) is 0 Å².